The van der Waals surface area contributed by atoms with E-state index in [1.165, 1.54) is 0 Å². The van der Waals surface area contributed by atoms with E-state index >= 15 is 0 Å². The zero-order chi connectivity index (χ0) is 13.9. The summed E-state index contributed by atoms with van der Waals surface area (Å²) in [6, 6.07) is 1.95. The lowest BCUT2D eigenvalue weighted by atomic mass is 10.1. The molecule has 0 aliphatic carbocycles. The number of nitrogens with one attached hydrogen (secondary N) is 1. The SMILES string of the molecule is CCCNc1cc(N2CCOC(C)(C)C2)nc(N)n1. The monoisotopic (exact) mass is 265 g/mol. The summed E-state index contributed by atoms with van der Waals surface area (Å²) in [5.41, 5.74) is 5.63. The Bertz CT molecular complexity index is 435. The van der Waals surface area contributed by atoms with Gasteiger partial charge in [-0.1, -0.05) is 6.92 Å². The van der Waals surface area contributed by atoms with Gasteiger partial charge in [0.1, 0.15) is 11.6 Å². The van der Waals surface area contributed by atoms with Gasteiger partial charge in [0.2, 0.25) is 5.95 Å². The summed E-state index contributed by atoms with van der Waals surface area (Å²) < 4.78 is 5.71. The molecular formula is C13H23N5O. The Morgan fingerprint density at radius 2 is 2.26 bits per heavy atom. The highest BCUT2D eigenvalue weighted by molar-refractivity contribution is 5.53. The highest BCUT2D eigenvalue weighted by atomic mass is 16.5. The van der Waals surface area contributed by atoms with E-state index in [1.54, 1.807) is 0 Å². The van der Waals surface area contributed by atoms with Gasteiger partial charge in [-0.2, -0.15) is 9.97 Å². The van der Waals surface area contributed by atoms with Crippen LogP contribution in [0, 0.1) is 0 Å². The number of ether oxygens (including phenoxy) is 1. The van der Waals surface area contributed by atoms with Crippen LogP contribution in [0.25, 0.3) is 0 Å². The van der Waals surface area contributed by atoms with E-state index < -0.39 is 0 Å². The van der Waals surface area contributed by atoms with Gasteiger partial charge in [-0.05, 0) is 20.3 Å². The Hall–Kier alpha value is -1.56. The minimum absolute atomic E-state index is 0.158. The molecule has 0 spiro atoms. The fourth-order valence-corrected chi connectivity index (χ4v) is 2.17. The lowest BCUT2D eigenvalue weighted by Crippen LogP contribution is -2.48. The van der Waals surface area contributed by atoms with Gasteiger partial charge in [-0.25, -0.2) is 0 Å². The van der Waals surface area contributed by atoms with Crippen molar-refractivity contribution in [3.05, 3.63) is 6.07 Å². The molecule has 0 amide bonds. The van der Waals surface area contributed by atoms with Crippen molar-refractivity contribution in [2.75, 3.05) is 42.2 Å². The van der Waals surface area contributed by atoms with Crippen LogP contribution >= 0.6 is 0 Å². The van der Waals surface area contributed by atoms with Crippen LogP contribution in [0.2, 0.25) is 0 Å². The van der Waals surface area contributed by atoms with Gasteiger partial charge in [0.15, 0.2) is 0 Å². The zero-order valence-corrected chi connectivity index (χ0v) is 11.9. The van der Waals surface area contributed by atoms with Crippen molar-refractivity contribution in [2.45, 2.75) is 32.8 Å². The van der Waals surface area contributed by atoms with E-state index in [0.29, 0.717) is 12.6 Å². The highest BCUT2D eigenvalue weighted by Crippen LogP contribution is 2.23. The predicted octanol–water partition coefficient (Wildman–Crippen LogP) is 1.50. The van der Waals surface area contributed by atoms with Crippen LogP contribution in [0.5, 0.6) is 0 Å². The largest absolute Gasteiger partial charge is 0.372 e. The van der Waals surface area contributed by atoms with E-state index in [1.807, 2.05) is 6.07 Å². The van der Waals surface area contributed by atoms with Crippen LogP contribution in [0.3, 0.4) is 0 Å². The number of aromatic nitrogens is 2. The van der Waals surface area contributed by atoms with Crippen molar-refractivity contribution in [2.24, 2.45) is 0 Å². The minimum atomic E-state index is -0.158. The Morgan fingerprint density at radius 3 is 2.95 bits per heavy atom. The number of morpholine rings is 1. The topological polar surface area (TPSA) is 76.3 Å². The maximum absolute atomic E-state index is 5.79. The molecule has 1 saturated heterocycles. The molecule has 2 heterocycles. The standard InChI is InChI=1S/C13H23N5O/c1-4-5-15-10-8-11(17-12(14)16-10)18-6-7-19-13(2,3)9-18/h8H,4-7,9H2,1-3H3,(H3,14,15,16,17). The molecule has 1 aliphatic rings. The molecule has 0 aromatic carbocycles. The van der Waals surface area contributed by atoms with E-state index in [2.05, 4.69) is 41.0 Å². The number of rotatable bonds is 4. The molecule has 19 heavy (non-hydrogen) atoms. The molecule has 106 valence electrons. The maximum atomic E-state index is 5.79. The van der Waals surface area contributed by atoms with Crippen LogP contribution in [-0.4, -0.2) is 41.8 Å². The number of anilines is 3. The van der Waals surface area contributed by atoms with Crippen molar-refractivity contribution in [1.82, 2.24) is 9.97 Å². The number of nitrogens with zero attached hydrogens (tertiary/aromatic N) is 3. The van der Waals surface area contributed by atoms with Crippen molar-refractivity contribution in [3.63, 3.8) is 0 Å². The molecule has 0 atom stereocenters. The average molecular weight is 265 g/mol. The average Bonchev–Trinajstić information content (AvgIpc) is 2.34. The lowest BCUT2D eigenvalue weighted by Gasteiger charge is -2.38. The lowest BCUT2D eigenvalue weighted by molar-refractivity contribution is -0.0279. The summed E-state index contributed by atoms with van der Waals surface area (Å²) in [5, 5.41) is 3.25. The molecule has 3 N–H and O–H groups in total. The summed E-state index contributed by atoms with van der Waals surface area (Å²) in [4.78, 5) is 10.7. The molecule has 6 nitrogen and oxygen atoms in total. The first-order valence-electron chi connectivity index (χ1n) is 6.77. The molecule has 0 radical (unpaired) electrons. The first-order valence-corrected chi connectivity index (χ1v) is 6.77. The molecule has 1 aromatic rings. The molecule has 0 unspecified atom stereocenters. The van der Waals surface area contributed by atoms with Crippen LogP contribution < -0.4 is 16.0 Å². The third-order valence-corrected chi connectivity index (χ3v) is 3.04. The molecule has 6 heteroatoms. The van der Waals surface area contributed by atoms with E-state index in [0.717, 1.165) is 37.7 Å². The molecule has 2 rings (SSSR count). The predicted molar refractivity (Wildman–Crippen MR) is 77.5 cm³/mol. The number of hydrogen-bond donors (Lipinski definition) is 2. The fraction of sp³-hybridized carbons (Fsp3) is 0.692. The van der Waals surface area contributed by atoms with Crippen LogP contribution in [-0.2, 0) is 4.74 Å². The normalized spacial score (nSPS) is 18.4. The van der Waals surface area contributed by atoms with Gasteiger partial charge in [-0.3, -0.25) is 0 Å². The smallest absolute Gasteiger partial charge is 0.223 e. The third kappa shape index (κ3) is 3.70. The molecule has 0 bridgehead atoms. The van der Waals surface area contributed by atoms with Crippen LogP contribution in [0.15, 0.2) is 6.07 Å². The number of nitrogen functional groups attached to an aromatic ring is 1. The Morgan fingerprint density at radius 1 is 1.47 bits per heavy atom. The minimum Gasteiger partial charge on any atom is -0.372 e. The molecule has 1 aromatic heterocycles. The van der Waals surface area contributed by atoms with E-state index in [9.17, 15) is 0 Å². The maximum Gasteiger partial charge on any atom is 0.223 e. The van der Waals surface area contributed by atoms with Crippen LogP contribution in [0.1, 0.15) is 27.2 Å². The fourth-order valence-electron chi connectivity index (χ4n) is 2.17. The summed E-state index contributed by atoms with van der Waals surface area (Å²) in [6.07, 6.45) is 1.05. The van der Waals surface area contributed by atoms with Crippen molar-refractivity contribution < 1.29 is 4.74 Å². The van der Waals surface area contributed by atoms with Crippen molar-refractivity contribution in [1.29, 1.82) is 0 Å². The van der Waals surface area contributed by atoms with Gasteiger partial charge in [-0.15, -0.1) is 0 Å². The number of hydrogen-bond acceptors (Lipinski definition) is 6. The van der Waals surface area contributed by atoms with Gasteiger partial charge < -0.3 is 20.7 Å². The molecular weight excluding hydrogens is 242 g/mol. The Balaban J connectivity index is 2.16. The first kappa shape index (κ1) is 13.9. The summed E-state index contributed by atoms with van der Waals surface area (Å²) >= 11 is 0. The Labute approximate surface area is 114 Å². The van der Waals surface area contributed by atoms with Gasteiger partial charge in [0.25, 0.3) is 0 Å². The molecule has 1 fully saturated rings. The van der Waals surface area contributed by atoms with Crippen molar-refractivity contribution in [3.8, 4) is 0 Å². The van der Waals surface area contributed by atoms with Gasteiger partial charge in [0, 0.05) is 25.7 Å². The number of nitrogens with two attached hydrogens (primary N) is 1. The Kier molecular flexibility index (Phi) is 4.09. The first-order chi connectivity index (χ1) is 9.00. The van der Waals surface area contributed by atoms with Crippen molar-refractivity contribution >= 4 is 17.6 Å². The van der Waals surface area contributed by atoms with Gasteiger partial charge >= 0.3 is 0 Å². The molecule has 1 aliphatic heterocycles. The molecule has 0 saturated carbocycles. The van der Waals surface area contributed by atoms with E-state index in [4.69, 9.17) is 10.5 Å². The highest BCUT2D eigenvalue weighted by Gasteiger charge is 2.28. The summed E-state index contributed by atoms with van der Waals surface area (Å²) in [5.74, 6) is 1.96. The summed E-state index contributed by atoms with van der Waals surface area (Å²) in [6.45, 7) is 9.49. The van der Waals surface area contributed by atoms with Gasteiger partial charge in [0.05, 0.1) is 12.2 Å². The third-order valence-electron chi connectivity index (χ3n) is 3.04. The van der Waals surface area contributed by atoms with E-state index in [-0.39, 0.29) is 5.60 Å². The summed E-state index contributed by atoms with van der Waals surface area (Å²) in [7, 11) is 0. The second-order valence-corrected chi connectivity index (χ2v) is 5.43. The van der Waals surface area contributed by atoms with Crippen LogP contribution in [0.4, 0.5) is 17.6 Å². The second kappa shape index (κ2) is 5.61. The second-order valence-electron chi connectivity index (χ2n) is 5.43. The zero-order valence-electron chi connectivity index (χ0n) is 11.9. The quantitative estimate of drug-likeness (QED) is 0.859.